The summed E-state index contributed by atoms with van der Waals surface area (Å²) in [7, 11) is 0. The third-order valence-corrected chi connectivity index (χ3v) is 4.86. The third kappa shape index (κ3) is 2.91. The van der Waals surface area contributed by atoms with E-state index >= 15 is 0 Å². The van der Waals surface area contributed by atoms with Gasteiger partial charge in [-0.1, -0.05) is 30.3 Å². The fraction of sp³-hybridized carbons (Fsp3) is 0.250. The average molecular weight is 312 g/mol. The van der Waals surface area contributed by atoms with Gasteiger partial charge in [-0.3, -0.25) is 0 Å². The van der Waals surface area contributed by atoms with Crippen molar-refractivity contribution in [2.75, 3.05) is 0 Å². The molecule has 0 unspecified atom stereocenters. The molecule has 3 rings (SSSR count). The van der Waals surface area contributed by atoms with Crippen molar-refractivity contribution in [3.63, 3.8) is 0 Å². The molecule has 0 aliphatic heterocycles. The van der Waals surface area contributed by atoms with Crippen LogP contribution in [0.4, 0.5) is 0 Å². The largest absolute Gasteiger partial charge is 0.424 e. The maximum atomic E-state index is 5.94. The molecule has 19 heavy (non-hydrogen) atoms. The zero-order valence-electron chi connectivity index (χ0n) is 10.1. The van der Waals surface area contributed by atoms with Crippen molar-refractivity contribution in [2.24, 2.45) is 0 Å². The molecule has 0 fully saturated rings. The van der Waals surface area contributed by atoms with Crippen LogP contribution in [0.3, 0.4) is 0 Å². The summed E-state index contributed by atoms with van der Waals surface area (Å²) in [5.41, 5.74) is 0.930. The number of hydrogen-bond donors (Lipinski definition) is 0. The Morgan fingerprint density at radius 1 is 1.32 bits per heavy atom. The predicted octanol–water partition coefficient (Wildman–Crippen LogP) is 4.19. The van der Waals surface area contributed by atoms with Crippen molar-refractivity contribution < 1.29 is 4.42 Å². The molecule has 0 spiro atoms. The van der Waals surface area contributed by atoms with Crippen LogP contribution in [-0.2, 0) is 12.2 Å². The van der Waals surface area contributed by atoms with E-state index < -0.39 is 0 Å². The number of nitrogens with zero attached hydrogens (tertiary/aromatic N) is 3. The van der Waals surface area contributed by atoms with Crippen molar-refractivity contribution in [1.82, 2.24) is 15.2 Å². The van der Waals surface area contributed by atoms with Crippen LogP contribution in [0.1, 0.15) is 18.7 Å². The van der Waals surface area contributed by atoms with Gasteiger partial charge in [0, 0.05) is 11.4 Å². The first-order chi connectivity index (χ1) is 9.24. The van der Waals surface area contributed by atoms with Crippen LogP contribution in [0.15, 0.2) is 27.0 Å². The van der Waals surface area contributed by atoms with Crippen LogP contribution in [0.2, 0.25) is 5.02 Å². The summed E-state index contributed by atoms with van der Waals surface area (Å²) in [4.78, 5) is 4.52. The molecule has 4 nitrogen and oxygen atoms in total. The van der Waals surface area contributed by atoms with Gasteiger partial charge >= 0.3 is 0 Å². The first-order valence-electron chi connectivity index (χ1n) is 5.74. The molecule has 98 valence electrons. The van der Waals surface area contributed by atoms with Crippen LogP contribution in [0.25, 0.3) is 10.2 Å². The first-order valence-corrected chi connectivity index (χ1v) is 7.93. The van der Waals surface area contributed by atoms with E-state index in [1.54, 1.807) is 23.1 Å². The number of rotatable bonds is 4. The van der Waals surface area contributed by atoms with Gasteiger partial charge in [-0.2, -0.15) is 0 Å². The molecule has 3 aromatic rings. The van der Waals surface area contributed by atoms with Crippen molar-refractivity contribution in [1.29, 1.82) is 0 Å². The summed E-state index contributed by atoms with van der Waals surface area (Å²) in [6, 6.07) is 5.74. The minimum Gasteiger partial charge on any atom is -0.424 e. The number of aryl methyl sites for hydroxylation is 1. The summed E-state index contributed by atoms with van der Waals surface area (Å²) in [5, 5.41) is 8.63. The summed E-state index contributed by atoms with van der Waals surface area (Å²) in [6.07, 6.45) is 0.761. The van der Waals surface area contributed by atoms with Gasteiger partial charge in [-0.05, 0) is 18.2 Å². The van der Waals surface area contributed by atoms with E-state index in [1.807, 2.05) is 25.1 Å². The normalized spacial score (nSPS) is 11.3. The van der Waals surface area contributed by atoms with Crippen LogP contribution < -0.4 is 0 Å². The molecule has 0 bridgehead atoms. The van der Waals surface area contributed by atoms with E-state index in [1.165, 1.54) is 0 Å². The molecule has 0 aliphatic rings. The van der Waals surface area contributed by atoms with Gasteiger partial charge in [0.05, 0.1) is 16.0 Å². The van der Waals surface area contributed by atoms with E-state index in [4.69, 9.17) is 16.0 Å². The topological polar surface area (TPSA) is 51.8 Å². The van der Waals surface area contributed by atoms with Gasteiger partial charge in [0.2, 0.25) is 11.8 Å². The van der Waals surface area contributed by atoms with Gasteiger partial charge in [0.1, 0.15) is 0 Å². The molecule has 7 heteroatoms. The van der Waals surface area contributed by atoms with Crippen molar-refractivity contribution >= 4 is 44.9 Å². The van der Waals surface area contributed by atoms with Gasteiger partial charge in [-0.25, -0.2) is 4.98 Å². The standard InChI is InChI=1S/C12H10ClN3OS2/c1-2-10-15-16-11(17-10)6-18-12-14-8-5-7(13)3-4-9(8)19-12/h3-5H,2,6H2,1H3. The molecule has 0 N–H and O–H groups in total. The van der Waals surface area contributed by atoms with Crippen LogP contribution in [-0.4, -0.2) is 15.2 Å². The highest BCUT2D eigenvalue weighted by Crippen LogP contribution is 2.32. The summed E-state index contributed by atoms with van der Waals surface area (Å²) < 4.78 is 7.57. The molecular formula is C12H10ClN3OS2. The van der Waals surface area contributed by atoms with Gasteiger partial charge in [-0.15, -0.1) is 21.5 Å². The molecule has 0 saturated carbocycles. The fourth-order valence-electron chi connectivity index (χ4n) is 1.55. The second-order valence-corrected chi connectivity index (χ2v) is 6.51. The van der Waals surface area contributed by atoms with E-state index in [0.29, 0.717) is 22.6 Å². The molecule has 0 radical (unpaired) electrons. The van der Waals surface area contributed by atoms with Gasteiger partial charge < -0.3 is 4.42 Å². The van der Waals surface area contributed by atoms with Crippen molar-refractivity contribution in [3.8, 4) is 0 Å². The van der Waals surface area contributed by atoms with E-state index in [2.05, 4.69) is 15.2 Å². The Hall–Kier alpha value is -1.11. The summed E-state index contributed by atoms with van der Waals surface area (Å²) in [6.45, 7) is 1.99. The van der Waals surface area contributed by atoms with Crippen molar-refractivity contribution in [3.05, 3.63) is 35.0 Å². The summed E-state index contributed by atoms with van der Waals surface area (Å²) in [5.74, 6) is 1.95. The minimum atomic E-state index is 0.638. The number of benzene rings is 1. The van der Waals surface area contributed by atoms with E-state index in [0.717, 1.165) is 21.0 Å². The van der Waals surface area contributed by atoms with E-state index in [-0.39, 0.29) is 0 Å². The number of thiazole rings is 1. The smallest absolute Gasteiger partial charge is 0.226 e. The monoisotopic (exact) mass is 311 g/mol. The SMILES string of the molecule is CCc1nnc(CSc2nc3cc(Cl)ccc3s2)o1. The van der Waals surface area contributed by atoms with Crippen LogP contribution in [0.5, 0.6) is 0 Å². The maximum Gasteiger partial charge on any atom is 0.226 e. The molecule has 2 aromatic heterocycles. The highest BCUT2D eigenvalue weighted by Gasteiger charge is 2.09. The Morgan fingerprint density at radius 2 is 2.16 bits per heavy atom. The summed E-state index contributed by atoms with van der Waals surface area (Å²) >= 11 is 9.18. The molecule has 0 aliphatic carbocycles. The first kappa shape index (κ1) is 12.9. The van der Waals surface area contributed by atoms with Crippen molar-refractivity contribution in [2.45, 2.75) is 23.4 Å². The maximum absolute atomic E-state index is 5.94. The number of halogens is 1. The number of hydrogen-bond acceptors (Lipinski definition) is 6. The Balaban J connectivity index is 1.74. The molecule has 0 amide bonds. The van der Waals surface area contributed by atoms with Gasteiger partial charge in [0.15, 0.2) is 4.34 Å². The molecule has 2 heterocycles. The Kier molecular flexibility index (Phi) is 3.72. The zero-order valence-corrected chi connectivity index (χ0v) is 12.5. The number of fused-ring (bicyclic) bond motifs is 1. The predicted molar refractivity (Wildman–Crippen MR) is 77.9 cm³/mol. The lowest BCUT2D eigenvalue weighted by atomic mass is 10.3. The lowest BCUT2D eigenvalue weighted by molar-refractivity contribution is 0.470. The zero-order chi connectivity index (χ0) is 13.2. The highest BCUT2D eigenvalue weighted by molar-refractivity contribution is 8.00. The second-order valence-electron chi connectivity index (χ2n) is 3.82. The lowest BCUT2D eigenvalue weighted by Crippen LogP contribution is -1.79. The Morgan fingerprint density at radius 3 is 2.95 bits per heavy atom. The fourth-order valence-corrected chi connectivity index (χ4v) is 3.61. The van der Waals surface area contributed by atoms with Crippen LogP contribution in [0, 0.1) is 0 Å². The minimum absolute atomic E-state index is 0.638. The number of thioether (sulfide) groups is 1. The highest BCUT2D eigenvalue weighted by atomic mass is 35.5. The molecule has 0 saturated heterocycles. The molecular weight excluding hydrogens is 302 g/mol. The average Bonchev–Trinajstić information content (AvgIpc) is 3.01. The van der Waals surface area contributed by atoms with E-state index in [9.17, 15) is 0 Å². The Bertz CT molecular complexity index is 710. The quantitative estimate of drug-likeness (QED) is 0.676. The number of aromatic nitrogens is 3. The third-order valence-electron chi connectivity index (χ3n) is 2.46. The Labute approximate surface area is 123 Å². The molecule has 0 atom stereocenters. The second kappa shape index (κ2) is 5.48. The van der Waals surface area contributed by atoms with Crippen LogP contribution >= 0.6 is 34.7 Å². The van der Waals surface area contributed by atoms with Gasteiger partial charge in [0.25, 0.3) is 0 Å². The lowest BCUT2D eigenvalue weighted by Gasteiger charge is -1.90. The molecule has 1 aromatic carbocycles.